The molecule has 0 saturated carbocycles. The third-order valence-electron chi connectivity index (χ3n) is 4.75. The number of methoxy groups -OCH3 is 1. The molecule has 32 heavy (non-hydrogen) atoms. The summed E-state index contributed by atoms with van der Waals surface area (Å²) in [4.78, 5) is 19.3. The molecule has 3 rings (SSSR count). The molecule has 9 heteroatoms. The summed E-state index contributed by atoms with van der Waals surface area (Å²) in [7, 11) is 1.67. The zero-order chi connectivity index (χ0) is 22.8. The van der Waals surface area contributed by atoms with Crippen LogP contribution in [0.15, 0.2) is 60.1 Å². The minimum Gasteiger partial charge on any atom is -0.493 e. The van der Waals surface area contributed by atoms with Gasteiger partial charge in [-0.05, 0) is 29.2 Å². The molecule has 0 aliphatic rings. The van der Waals surface area contributed by atoms with Crippen molar-refractivity contribution in [2.45, 2.75) is 25.8 Å². The van der Waals surface area contributed by atoms with E-state index in [9.17, 15) is 4.79 Å². The third kappa shape index (κ3) is 6.92. The topological polar surface area (TPSA) is 131 Å². The van der Waals surface area contributed by atoms with E-state index in [1.54, 1.807) is 18.1 Å². The molecule has 0 aliphatic heterocycles. The third-order valence-corrected chi connectivity index (χ3v) is 4.75. The second-order valence-electron chi connectivity index (χ2n) is 7.25. The Morgan fingerprint density at radius 1 is 1.09 bits per heavy atom. The molecule has 0 saturated heterocycles. The summed E-state index contributed by atoms with van der Waals surface area (Å²) in [6, 6.07) is 14.2. The van der Waals surface area contributed by atoms with Crippen LogP contribution in [0.25, 0.3) is 11.1 Å². The normalized spacial score (nSPS) is 10.7. The van der Waals surface area contributed by atoms with Gasteiger partial charge in [0.05, 0.1) is 13.2 Å². The van der Waals surface area contributed by atoms with Gasteiger partial charge in [0.1, 0.15) is 18.4 Å². The number of hydrogen-bond acceptors (Lipinski definition) is 5. The van der Waals surface area contributed by atoms with E-state index in [4.69, 9.17) is 20.9 Å². The summed E-state index contributed by atoms with van der Waals surface area (Å²) in [5, 5.41) is 4.14. The summed E-state index contributed by atoms with van der Waals surface area (Å²) >= 11 is 0. The lowest BCUT2D eigenvalue weighted by Crippen LogP contribution is -2.24. The van der Waals surface area contributed by atoms with E-state index in [0.29, 0.717) is 26.2 Å². The fourth-order valence-electron chi connectivity index (χ4n) is 3.21. The first-order chi connectivity index (χ1) is 15.5. The van der Waals surface area contributed by atoms with Crippen LogP contribution in [-0.4, -0.2) is 47.0 Å². The monoisotopic (exact) mass is 436 g/mol. The Kier molecular flexibility index (Phi) is 8.33. The van der Waals surface area contributed by atoms with Gasteiger partial charge >= 0.3 is 0 Å². The van der Waals surface area contributed by atoms with E-state index < -0.39 is 0 Å². The number of aromatic nitrogens is 3. The molecule has 0 aliphatic carbocycles. The fraction of sp³-hybridized carbons (Fsp3) is 0.304. The molecular weight excluding hydrogens is 408 g/mol. The number of carbonyl (C=O) groups is 1. The number of aliphatic imine (C=N–C) groups is 1. The molecule has 4 N–H and O–H groups in total. The second kappa shape index (κ2) is 11.6. The van der Waals surface area contributed by atoms with E-state index in [1.165, 1.54) is 6.33 Å². The van der Waals surface area contributed by atoms with E-state index in [1.807, 2.05) is 18.2 Å². The highest BCUT2D eigenvalue weighted by atomic mass is 16.5. The average molecular weight is 437 g/mol. The Bertz CT molecular complexity index is 1030. The summed E-state index contributed by atoms with van der Waals surface area (Å²) in [6.45, 7) is 1.81. The molecule has 2 aromatic carbocycles. The molecule has 0 bridgehead atoms. The maximum absolute atomic E-state index is 11.8. The van der Waals surface area contributed by atoms with Crippen molar-refractivity contribution in [3.8, 4) is 16.9 Å². The van der Waals surface area contributed by atoms with Gasteiger partial charge in [-0.3, -0.25) is 4.79 Å². The summed E-state index contributed by atoms with van der Waals surface area (Å²) < 4.78 is 13.0. The van der Waals surface area contributed by atoms with Crippen molar-refractivity contribution in [1.82, 2.24) is 14.8 Å². The van der Waals surface area contributed by atoms with Gasteiger partial charge in [0.15, 0.2) is 5.96 Å². The number of nitrogens with zero attached hydrogens (tertiary/aromatic N) is 4. The van der Waals surface area contributed by atoms with Crippen molar-refractivity contribution < 1.29 is 14.3 Å². The first kappa shape index (κ1) is 23.0. The zero-order valence-corrected chi connectivity index (χ0v) is 18.1. The van der Waals surface area contributed by atoms with Crippen LogP contribution in [-0.2, 0) is 22.5 Å². The number of guanidine groups is 1. The maximum Gasteiger partial charge on any atom is 0.249 e. The minimum absolute atomic E-state index is 0.220. The van der Waals surface area contributed by atoms with Gasteiger partial charge in [0, 0.05) is 32.1 Å². The van der Waals surface area contributed by atoms with Gasteiger partial charge in [-0.25, -0.2) is 9.67 Å². The lowest BCUT2D eigenvalue weighted by atomic mass is 9.99. The Balaban J connectivity index is 1.76. The Morgan fingerprint density at radius 2 is 1.88 bits per heavy atom. The van der Waals surface area contributed by atoms with Crippen LogP contribution in [0, 0.1) is 0 Å². The predicted octanol–water partition coefficient (Wildman–Crippen LogP) is 2.14. The molecule has 0 unspecified atom stereocenters. The van der Waals surface area contributed by atoms with Crippen molar-refractivity contribution in [2.24, 2.45) is 16.5 Å². The second-order valence-corrected chi connectivity index (χ2v) is 7.25. The van der Waals surface area contributed by atoms with Crippen LogP contribution in [0.1, 0.15) is 24.0 Å². The Labute approximate surface area is 187 Å². The van der Waals surface area contributed by atoms with Gasteiger partial charge in [-0.1, -0.05) is 36.4 Å². The van der Waals surface area contributed by atoms with E-state index in [2.05, 4.69) is 39.3 Å². The molecule has 0 radical (unpaired) electrons. The summed E-state index contributed by atoms with van der Waals surface area (Å²) in [6.07, 6.45) is 4.73. The minimum atomic E-state index is -0.348. The lowest BCUT2D eigenvalue weighted by molar-refractivity contribution is -0.117. The summed E-state index contributed by atoms with van der Waals surface area (Å²) in [5.74, 6) is 0.191. The molecule has 3 aromatic rings. The molecule has 1 aromatic heterocycles. The van der Waals surface area contributed by atoms with Crippen molar-refractivity contribution in [3.05, 3.63) is 66.2 Å². The SMILES string of the molecule is COCCCOc1cc(CCC(=O)N=C(N)N)ccc1-c1ccc(Cn2cncn2)cc1. The van der Waals surface area contributed by atoms with Gasteiger partial charge in [-0.2, -0.15) is 10.1 Å². The van der Waals surface area contributed by atoms with Crippen LogP contribution < -0.4 is 16.2 Å². The van der Waals surface area contributed by atoms with Gasteiger partial charge in [0.2, 0.25) is 5.91 Å². The highest BCUT2D eigenvalue weighted by molar-refractivity contribution is 5.91. The molecule has 1 amide bonds. The van der Waals surface area contributed by atoms with Crippen LogP contribution in [0.5, 0.6) is 5.75 Å². The molecule has 9 nitrogen and oxygen atoms in total. The number of ether oxygens (including phenoxy) is 2. The van der Waals surface area contributed by atoms with Gasteiger partial charge in [-0.15, -0.1) is 0 Å². The number of benzene rings is 2. The summed E-state index contributed by atoms with van der Waals surface area (Å²) in [5.41, 5.74) is 14.6. The number of nitrogens with two attached hydrogens (primary N) is 2. The predicted molar refractivity (Wildman–Crippen MR) is 122 cm³/mol. The Morgan fingerprint density at radius 3 is 2.56 bits per heavy atom. The highest BCUT2D eigenvalue weighted by Gasteiger charge is 2.10. The first-order valence-electron chi connectivity index (χ1n) is 10.3. The zero-order valence-electron chi connectivity index (χ0n) is 18.1. The standard InChI is InChI=1S/C23H28N6O3/c1-31-11-2-12-32-21-13-17(6-10-22(30)28-23(24)25)5-9-20(21)19-7-3-18(4-8-19)14-29-16-26-15-27-29/h3-5,7-9,13,15-16H,2,6,10-12,14H2,1H3,(H4,24,25,28,30). The lowest BCUT2D eigenvalue weighted by Gasteiger charge is -2.14. The molecule has 1 heterocycles. The molecular formula is C23H28N6O3. The number of rotatable bonds is 11. The van der Waals surface area contributed by atoms with Crippen molar-refractivity contribution in [3.63, 3.8) is 0 Å². The molecule has 0 spiro atoms. The number of aryl methyl sites for hydroxylation is 1. The van der Waals surface area contributed by atoms with Crippen LogP contribution in [0.4, 0.5) is 0 Å². The number of hydrogen-bond donors (Lipinski definition) is 2. The van der Waals surface area contributed by atoms with Crippen molar-refractivity contribution >= 4 is 11.9 Å². The van der Waals surface area contributed by atoms with E-state index in [0.717, 1.165) is 34.4 Å². The van der Waals surface area contributed by atoms with Crippen molar-refractivity contribution in [2.75, 3.05) is 20.3 Å². The van der Waals surface area contributed by atoms with Crippen LogP contribution in [0.2, 0.25) is 0 Å². The van der Waals surface area contributed by atoms with E-state index in [-0.39, 0.29) is 18.3 Å². The number of carbonyl (C=O) groups excluding carboxylic acids is 1. The quantitative estimate of drug-likeness (QED) is 0.267. The van der Waals surface area contributed by atoms with E-state index >= 15 is 0 Å². The highest BCUT2D eigenvalue weighted by Crippen LogP contribution is 2.32. The largest absolute Gasteiger partial charge is 0.493 e. The first-order valence-corrected chi connectivity index (χ1v) is 10.3. The van der Waals surface area contributed by atoms with Gasteiger partial charge < -0.3 is 20.9 Å². The Hall–Kier alpha value is -3.72. The average Bonchev–Trinajstić information content (AvgIpc) is 3.29. The molecule has 0 atom stereocenters. The smallest absolute Gasteiger partial charge is 0.249 e. The maximum atomic E-state index is 11.8. The molecule has 0 fully saturated rings. The van der Waals surface area contributed by atoms with Crippen LogP contribution in [0.3, 0.4) is 0 Å². The van der Waals surface area contributed by atoms with Gasteiger partial charge in [0.25, 0.3) is 0 Å². The number of amides is 1. The van der Waals surface area contributed by atoms with Crippen molar-refractivity contribution in [1.29, 1.82) is 0 Å². The van der Waals surface area contributed by atoms with Crippen LogP contribution >= 0.6 is 0 Å². The fourth-order valence-corrected chi connectivity index (χ4v) is 3.21. The molecule has 168 valence electrons.